The van der Waals surface area contributed by atoms with Gasteiger partial charge in [-0.3, -0.25) is 0 Å². The van der Waals surface area contributed by atoms with Gasteiger partial charge in [0.2, 0.25) is 0 Å². The molecule has 1 saturated heterocycles. The fourth-order valence-corrected chi connectivity index (χ4v) is 2.89. The molecule has 1 fully saturated rings. The number of benzene rings is 1. The summed E-state index contributed by atoms with van der Waals surface area (Å²) in [5, 5.41) is 3.46. The Labute approximate surface area is 113 Å². The van der Waals surface area contributed by atoms with E-state index in [2.05, 4.69) is 5.32 Å². The van der Waals surface area contributed by atoms with Crippen molar-refractivity contribution >= 4 is 0 Å². The third kappa shape index (κ3) is 2.68. The monoisotopic (exact) mass is 265 g/mol. The van der Waals surface area contributed by atoms with E-state index in [-0.39, 0.29) is 0 Å². The zero-order valence-electron chi connectivity index (χ0n) is 11.2. The van der Waals surface area contributed by atoms with Crippen LogP contribution < -0.4 is 14.8 Å². The standard InChI is InChI=1S/C15H20FNO2/c1-10(16)13-9-15-14(18-5-6-19-15)8-11(13)7-12-3-2-4-17-12/h8-10,12,17H,2-7H2,1H3. The molecule has 0 bridgehead atoms. The van der Waals surface area contributed by atoms with E-state index in [1.165, 1.54) is 6.42 Å². The van der Waals surface area contributed by atoms with Gasteiger partial charge in [0.25, 0.3) is 0 Å². The van der Waals surface area contributed by atoms with Crippen LogP contribution in [0.25, 0.3) is 0 Å². The van der Waals surface area contributed by atoms with Crippen LogP contribution in [0.4, 0.5) is 4.39 Å². The number of halogens is 1. The smallest absolute Gasteiger partial charge is 0.161 e. The van der Waals surface area contributed by atoms with Crippen molar-refractivity contribution < 1.29 is 13.9 Å². The summed E-state index contributed by atoms with van der Waals surface area (Å²) < 4.78 is 24.9. The van der Waals surface area contributed by atoms with E-state index < -0.39 is 6.17 Å². The van der Waals surface area contributed by atoms with Crippen LogP contribution in [0, 0.1) is 0 Å². The molecule has 0 aliphatic carbocycles. The van der Waals surface area contributed by atoms with E-state index in [9.17, 15) is 4.39 Å². The van der Waals surface area contributed by atoms with Crippen molar-refractivity contribution in [2.75, 3.05) is 19.8 Å². The van der Waals surface area contributed by atoms with Crippen molar-refractivity contribution in [3.8, 4) is 11.5 Å². The summed E-state index contributed by atoms with van der Waals surface area (Å²) in [4.78, 5) is 0. The average Bonchev–Trinajstić information content (AvgIpc) is 2.90. The number of alkyl halides is 1. The lowest BCUT2D eigenvalue weighted by atomic mass is 9.96. The molecule has 1 N–H and O–H groups in total. The van der Waals surface area contributed by atoms with Crippen LogP contribution in [0.5, 0.6) is 11.5 Å². The fraction of sp³-hybridized carbons (Fsp3) is 0.600. The number of hydrogen-bond acceptors (Lipinski definition) is 3. The molecule has 1 aromatic rings. The Morgan fingerprint density at radius 1 is 1.32 bits per heavy atom. The van der Waals surface area contributed by atoms with E-state index in [0.29, 0.717) is 25.0 Å². The first-order chi connectivity index (χ1) is 9.24. The van der Waals surface area contributed by atoms with Crippen LogP contribution in [0.15, 0.2) is 12.1 Å². The van der Waals surface area contributed by atoms with Crippen LogP contribution >= 0.6 is 0 Å². The molecule has 2 unspecified atom stereocenters. The zero-order valence-corrected chi connectivity index (χ0v) is 11.2. The maximum absolute atomic E-state index is 13.8. The van der Waals surface area contributed by atoms with Crippen molar-refractivity contribution in [1.82, 2.24) is 5.32 Å². The molecule has 0 saturated carbocycles. The molecule has 3 rings (SSSR count). The SMILES string of the molecule is CC(F)c1cc2c(cc1CC1CCCN1)OCCO2. The molecule has 2 aliphatic heterocycles. The van der Waals surface area contributed by atoms with Crippen LogP contribution in [-0.4, -0.2) is 25.8 Å². The summed E-state index contributed by atoms with van der Waals surface area (Å²) in [5.41, 5.74) is 1.77. The molecule has 0 spiro atoms. The summed E-state index contributed by atoms with van der Waals surface area (Å²) >= 11 is 0. The molecule has 2 aliphatic rings. The van der Waals surface area contributed by atoms with Gasteiger partial charge in [0, 0.05) is 6.04 Å². The number of hydrogen-bond donors (Lipinski definition) is 1. The molecule has 1 aromatic carbocycles. The van der Waals surface area contributed by atoms with Gasteiger partial charge in [-0.2, -0.15) is 0 Å². The lowest BCUT2D eigenvalue weighted by Crippen LogP contribution is -2.24. The lowest BCUT2D eigenvalue weighted by Gasteiger charge is -2.22. The highest BCUT2D eigenvalue weighted by Crippen LogP contribution is 2.37. The van der Waals surface area contributed by atoms with Crippen LogP contribution in [0.3, 0.4) is 0 Å². The third-order valence-electron chi connectivity index (χ3n) is 3.86. The van der Waals surface area contributed by atoms with Crippen molar-refractivity contribution in [2.45, 2.75) is 38.4 Å². The van der Waals surface area contributed by atoms with Gasteiger partial charge in [-0.25, -0.2) is 4.39 Å². The molecule has 19 heavy (non-hydrogen) atoms. The van der Waals surface area contributed by atoms with Gasteiger partial charge in [-0.05, 0) is 56.0 Å². The Kier molecular flexibility index (Phi) is 3.60. The number of fused-ring (bicyclic) bond motifs is 1. The molecule has 2 heterocycles. The predicted octanol–water partition coefficient (Wildman–Crippen LogP) is 2.78. The van der Waals surface area contributed by atoms with E-state index in [1.807, 2.05) is 12.1 Å². The van der Waals surface area contributed by atoms with E-state index in [0.717, 1.165) is 36.3 Å². The normalized spacial score (nSPS) is 23.4. The average molecular weight is 265 g/mol. The number of ether oxygens (including phenoxy) is 2. The quantitative estimate of drug-likeness (QED) is 0.911. The minimum Gasteiger partial charge on any atom is -0.486 e. The Balaban J connectivity index is 1.90. The van der Waals surface area contributed by atoms with Crippen molar-refractivity contribution in [1.29, 1.82) is 0 Å². The van der Waals surface area contributed by atoms with E-state index in [1.54, 1.807) is 6.92 Å². The van der Waals surface area contributed by atoms with Gasteiger partial charge in [0.15, 0.2) is 11.5 Å². The lowest BCUT2D eigenvalue weighted by molar-refractivity contribution is 0.170. The maximum atomic E-state index is 13.8. The van der Waals surface area contributed by atoms with Gasteiger partial charge in [-0.15, -0.1) is 0 Å². The number of rotatable bonds is 3. The van der Waals surface area contributed by atoms with Crippen molar-refractivity contribution in [2.24, 2.45) is 0 Å². The summed E-state index contributed by atoms with van der Waals surface area (Å²) in [5.74, 6) is 1.43. The summed E-state index contributed by atoms with van der Waals surface area (Å²) in [6, 6.07) is 4.23. The summed E-state index contributed by atoms with van der Waals surface area (Å²) in [7, 11) is 0. The topological polar surface area (TPSA) is 30.5 Å². The Morgan fingerprint density at radius 2 is 2.05 bits per heavy atom. The number of nitrogens with one attached hydrogen (secondary N) is 1. The van der Waals surface area contributed by atoms with Gasteiger partial charge in [-0.1, -0.05) is 0 Å². The molecular formula is C15H20FNO2. The largest absolute Gasteiger partial charge is 0.486 e. The molecule has 3 nitrogen and oxygen atoms in total. The fourth-order valence-electron chi connectivity index (χ4n) is 2.89. The first-order valence-corrected chi connectivity index (χ1v) is 7.04. The van der Waals surface area contributed by atoms with E-state index >= 15 is 0 Å². The molecule has 4 heteroatoms. The van der Waals surface area contributed by atoms with Gasteiger partial charge in [0.1, 0.15) is 19.4 Å². The minimum absolute atomic E-state index is 0.458. The van der Waals surface area contributed by atoms with Crippen molar-refractivity contribution in [3.63, 3.8) is 0 Å². The molecule has 104 valence electrons. The first kappa shape index (κ1) is 12.7. The molecule has 0 radical (unpaired) electrons. The highest BCUT2D eigenvalue weighted by molar-refractivity contribution is 5.49. The molecule has 0 aromatic heterocycles. The highest BCUT2D eigenvalue weighted by atomic mass is 19.1. The second kappa shape index (κ2) is 5.37. The highest BCUT2D eigenvalue weighted by Gasteiger charge is 2.22. The zero-order chi connectivity index (χ0) is 13.2. The van der Waals surface area contributed by atoms with Crippen LogP contribution in [0.2, 0.25) is 0 Å². The first-order valence-electron chi connectivity index (χ1n) is 7.04. The molecule has 0 amide bonds. The molecular weight excluding hydrogens is 245 g/mol. The van der Waals surface area contributed by atoms with E-state index in [4.69, 9.17) is 9.47 Å². The second-order valence-corrected chi connectivity index (χ2v) is 5.31. The van der Waals surface area contributed by atoms with Gasteiger partial charge < -0.3 is 14.8 Å². The minimum atomic E-state index is -0.979. The third-order valence-corrected chi connectivity index (χ3v) is 3.86. The Bertz CT molecular complexity index is 456. The van der Waals surface area contributed by atoms with Gasteiger partial charge in [0.05, 0.1) is 0 Å². The van der Waals surface area contributed by atoms with Gasteiger partial charge >= 0.3 is 0 Å². The summed E-state index contributed by atoms with van der Waals surface area (Å²) in [6.07, 6.45) is 2.25. The Hall–Kier alpha value is -1.29. The predicted molar refractivity (Wildman–Crippen MR) is 71.7 cm³/mol. The second-order valence-electron chi connectivity index (χ2n) is 5.31. The molecule has 2 atom stereocenters. The maximum Gasteiger partial charge on any atom is 0.161 e. The van der Waals surface area contributed by atoms with Crippen molar-refractivity contribution in [3.05, 3.63) is 23.3 Å². The summed E-state index contributed by atoms with van der Waals surface area (Å²) in [6.45, 7) is 3.75. The van der Waals surface area contributed by atoms with Crippen LogP contribution in [-0.2, 0) is 6.42 Å². The van der Waals surface area contributed by atoms with Crippen LogP contribution in [0.1, 0.15) is 37.1 Å². The Morgan fingerprint density at radius 3 is 2.68 bits per heavy atom.